The minimum Gasteiger partial charge on any atom is -0.464 e. The highest BCUT2D eigenvalue weighted by Gasteiger charge is 2.30. The van der Waals surface area contributed by atoms with Gasteiger partial charge in [0.05, 0.1) is 7.11 Å². The lowest BCUT2D eigenvalue weighted by Gasteiger charge is -2.12. The highest BCUT2D eigenvalue weighted by molar-refractivity contribution is 5.97. The molecule has 0 bridgehead atoms. The van der Waals surface area contributed by atoms with Crippen molar-refractivity contribution in [3.63, 3.8) is 0 Å². The first-order valence-electron chi connectivity index (χ1n) is 6.14. The van der Waals surface area contributed by atoms with Crippen LogP contribution < -0.4 is 5.32 Å². The fraction of sp³-hybridized carbons (Fsp3) is 0.385. The van der Waals surface area contributed by atoms with Crippen LogP contribution in [-0.4, -0.2) is 54.4 Å². The molecule has 1 aliphatic rings. The lowest BCUT2D eigenvalue weighted by Crippen LogP contribution is -2.40. The third kappa shape index (κ3) is 2.76. The Morgan fingerprint density at radius 1 is 1.40 bits per heavy atom. The standard InChI is InChI=1S/C13H15N3O4/c1-16-7-6-9(12(16)18)15-11(17)8-4-3-5-10(14-8)13(19)20-2/h3-5,9H,6-7H2,1-2H3,(H,15,17)/t9-/m0/s1. The lowest BCUT2D eigenvalue weighted by molar-refractivity contribution is -0.128. The number of hydrogen-bond donors (Lipinski definition) is 1. The molecular formula is C13H15N3O4. The van der Waals surface area contributed by atoms with Crippen LogP contribution in [0.4, 0.5) is 0 Å². The summed E-state index contributed by atoms with van der Waals surface area (Å²) in [5.74, 6) is -1.22. The van der Waals surface area contributed by atoms with Gasteiger partial charge in [-0.15, -0.1) is 0 Å². The van der Waals surface area contributed by atoms with E-state index in [1.54, 1.807) is 11.9 Å². The van der Waals surface area contributed by atoms with Gasteiger partial charge < -0.3 is 15.0 Å². The van der Waals surface area contributed by atoms with Gasteiger partial charge in [0, 0.05) is 13.6 Å². The number of carbonyl (C=O) groups excluding carboxylic acids is 3. The van der Waals surface area contributed by atoms with E-state index in [1.165, 1.54) is 25.3 Å². The number of ether oxygens (including phenoxy) is 1. The number of methoxy groups -OCH3 is 1. The number of nitrogens with zero attached hydrogens (tertiary/aromatic N) is 2. The summed E-state index contributed by atoms with van der Waals surface area (Å²) in [5, 5.41) is 2.61. The molecule has 2 heterocycles. The zero-order valence-electron chi connectivity index (χ0n) is 11.3. The molecule has 0 unspecified atom stereocenters. The van der Waals surface area contributed by atoms with Crippen molar-refractivity contribution in [3.8, 4) is 0 Å². The Morgan fingerprint density at radius 3 is 2.70 bits per heavy atom. The molecule has 1 atom stereocenters. The van der Waals surface area contributed by atoms with Gasteiger partial charge in [-0.25, -0.2) is 9.78 Å². The molecule has 7 heteroatoms. The maximum atomic E-state index is 12.0. The summed E-state index contributed by atoms with van der Waals surface area (Å²) >= 11 is 0. The molecule has 0 aromatic carbocycles. The van der Waals surface area contributed by atoms with Gasteiger partial charge in [0.15, 0.2) is 0 Å². The molecule has 20 heavy (non-hydrogen) atoms. The highest BCUT2D eigenvalue weighted by atomic mass is 16.5. The molecular weight excluding hydrogens is 262 g/mol. The first kappa shape index (κ1) is 14.0. The van der Waals surface area contributed by atoms with Crippen LogP contribution in [-0.2, 0) is 9.53 Å². The Morgan fingerprint density at radius 2 is 2.10 bits per heavy atom. The van der Waals surface area contributed by atoms with Crippen LogP contribution in [0.15, 0.2) is 18.2 Å². The Bertz CT molecular complexity index is 558. The van der Waals surface area contributed by atoms with Crippen LogP contribution in [0.2, 0.25) is 0 Å². The number of pyridine rings is 1. The molecule has 1 fully saturated rings. The summed E-state index contributed by atoms with van der Waals surface area (Å²) in [4.78, 5) is 40.6. The van der Waals surface area contributed by atoms with E-state index in [0.29, 0.717) is 13.0 Å². The van der Waals surface area contributed by atoms with E-state index in [4.69, 9.17) is 0 Å². The van der Waals surface area contributed by atoms with Gasteiger partial charge in [0.2, 0.25) is 5.91 Å². The van der Waals surface area contributed by atoms with Crippen LogP contribution in [0.5, 0.6) is 0 Å². The number of nitrogens with one attached hydrogen (secondary N) is 1. The average molecular weight is 277 g/mol. The van der Waals surface area contributed by atoms with Gasteiger partial charge in [-0.1, -0.05) is 6.07 Å². The van der Waals surface area contributed by atoms with Gasteiger partial charge in [-0.3, -0.25) is 9.59 Å². The van der Waals surface area contributed by atoms with Crippen molar-refractivity contribution >= 4 is 17.8 Å². The van der Waals surface area contributed by atoms with Crippen LogP contribution in [0.3, 0.4) is 0 Å². The lowest BCUT2D eigenvalue weighted by atomic mass is 10.2. The predicted molar refractivity (Wildman–Crippen MR) is 69.1 cm³/mol. The molecule has 0 saturated carbocycles. The second-order valence-corrected chi connectivity index (χ2v) is 4.47. The van der Waals surface area contributed by atoms with Gasteiger partial charge in [-0.2, -0.15) is 0 Å². The van der Waals surface area contributed by atoms with Crippen molar-refractivity contribution in [1.82, 2.24) is 15.2 Å². The number of rotatable bonds is 3. The van der Waals surface area contributed by atoms with Gasteiger partial charge in [-0.05, 0) is 18.6 Å². The fourth-order valence-corrected chi connectivity index (χ4v) is 1.97. The van der Waals surface area contributed by atoms with Gasteiger partial charge in [0.25, 0.3) is 5.91 Å². The number of carbonyl (C=O) groups is 3. The molecule has 7 nitrogen and oxygen atoms in total. The summed E-state index contributed by atoms with van der Waals surface area (Å²) < 4.78 is 4.54. The first-order chi connectivity index (χ1) is 9.52. The molecule has 1 aromatic rings. The van der Waals surface area contributed by atoms with E-state index < -0.39 is 17.9 Å². The number of likely N-dealkylation sites (tertiary alicyclic amines) is 1. The first-order valence-corrected chi connectivity index (χ1v) is 6.14. The van der Waals surface area contributed by atoms with E-state index in [9.17, 15) is 14.4 Å². The Hall–Kier alpha value is -2.44. The van der Waals surface area contributed by atoms with Crippen molar-refractivity contribution < 1.29 is 19.1 Å². The molecule has 0 aliphatic carbocycles. The zero-order chi connectivity index (χ0) is 14.7. The number of likely N-dealkylation sites (N-methyl/N-ethyl adjacent to an activating group) is 1. The maximum absolute atomic E-state index is 12.0. The summed E-state index contributed by atoms with van der Waals surface area (Å²) in [7, 11) is 2.93. The minimum absolute atomic E-state index is 0.0509. The Labute approximate surface area is 115 Å². The zero-order valence-corrected chi connectivity index (χ0v) is 11.3. The van der Waals surface area contributed by atoms with Crippen molar-refractivity contribution in [1.29, 1.82) is 0 Å². The number of esters is 1. The fourth-order valence-electron chi connectivity index (χ4n) is 1.97. The third-order valence-electron chi connectivity index (χ3n) is 3.11. The number of hydrogen-bond acceptors (Lipinski definition) is 5. The predicted octanol–water partition coefficient (Wildman–Crippen LogP) is -0.171. The van der Waals surface area contributed by atoms with Crippen LogP contribution in [0.25, 0.3) is 0 Å². The Balaban J connectivity index is 2.10. The maximum Gasteiger partial charge on any atom is 0.356 e. The summed E-state index contributed by atoms with van der Waals surface area (Å²) in [5.41, 5.74) is 0.130. The molecule has 1 aliphatic heterocycles. The second-order valence-electron chi connectivity index (χ2n) is 4.47. The van der Waals surface area contributed by atoms with E-state index in [-0.39, 0.29) is 17.3 Å². The second kappa shape index (κ2) is 5.68. The molecule has 1 saturated heterocycles. The van der Waals surface area contributed by atoms with Crippen LogP contribution in [0.1, 0.15) is 27.4 Å². The molecule has 0 radical (unpaired) electrons. The largest absolute Gasteiger partial charge is 0.464 e. The van der Waals surface area contributed by atoms with E-state index in [0.717, 1.165) is 0 Å². The number of aromatic nitrogens is 1. The smallest absolute Gasteiger partial charge is 0.356 e. The number of amides is 2. The summed E-state index contributed by atoms with van der Waals surface area (Å²) in [6.07, 6.45) is 0.567. The summed E-state index contributed by atoms with van der Waals surface area (Å²) in [6, 6.07) is 3.94. The highest BCUT2D eigenvalue weighted by Crippen LogP contribution is 2.09. The molecule has 1 N–H and O–H groups in total. The van der Waals surface area contributed by atoms with Crippen molar-refractivity contribution in [2.45, 2.75) is 12.5 Å². The van der Waals surface area contributed by atoms with Crippen molar-refractivity contribution in [3.05, 3.63) is 29.6 Å². The third-order valence-corrected chi connectivity index (χ3v) is 3.11. The molecule has 1 aromatic heterocycles. The normalized spacial score (nSPS) is 18.0. The van der Waals surface area contributed by atoms with E-state index >= 15 is 0 Å². The van der Waals surface area contributed by atoms with Crippen LogP contribution >= 0.6 is 0 Å². The average Bonchev–Trinajstić information content (AvgIpc) is 2.78. The SMILES string of the molecule is COC(=O)c1cccc(C(=O)N[C@H]2CCN(C)C2=O)n1. The topological polar surface area (TPSA) is 88.6 Å². The van der Waals surface area contributed by atoms with Crippen LogP contribution in [0, 0.1) is 0 Å². The van der Waals surface area contributed by atoms with Crippen molar-refractivity contribution in [2.24, 2.45) is 0 Å². The van der Waals surface area contributed by atoms with Gasteiger partial charge in [0.1, 0.15) is 17.4 Å². The quantitative estimate of drug-likeness (QED) is 0.775. The molecule has 2 rings (SSSR count). The monoisotopic (exact) mass is 277 g/mol. The minimum atomic E-state index is -0.615. The molecule has 2 amide bonds. The molecule has 0 spiro atoms. The summed E-state index contributed by atoms with van der Waals surface area (Å²) in [6.45, 7) is 0.611. The van der Waals surface area contributed by atoms with Gasteiger partial charge >= 0.3 is 5.97 Å². The van der Waals surface area contributed by atoms with E-state index in [1.807, 2.05) is 0 Å². The van der Waals surface area contributed by atoms with E-state index in [2.05, 4.69) is 15.0 Å². The molecule has 106 valence electrons. The Kier molecular flexibility index (Phi) is 3.97. The van der Waals surface area contributed by atoms with Crippen molar-refractivity contribution in [2.75, 3.05) is 20.7 Å².